The van der Waals surface area contributed by atoms with Crippen LogP contribution in [0.2, 0.25) is 0 Å². The molecule has 8 nitrogen and oxygen atoms in total. The third-order valence-electron chi connectivity index (χ3n) is 5.78. The standard InChI is InChI=1S/C22H25N7O/c1-14-16-6-8-20-17-11-15(5-7-19(17)24-25-20)18-12-23-29(4)22(18)30-10-9-27(2)13-21(16)26-28(14)3/h5-8,11-12H,9-10,13H2,1-4H3,(H,24,25)/b8-6+. The molecule has 0 saturated heterocycles. The first kappa shape index (κ1) is 18.6. The van der Waals surface area contributed by atoms with E-state index in [9.17, 15) is 0 Å². The van der Waals surface area contributed by atoms with Gasteiger partial charge in [0.05, 0.1) is 28.7 Å². The average molecular weight is 403 g/mol. The van der Waals surface area contributed by atoms with Crippen molar-refractivity contribution in [2.24, 2.45) is 14.1 Å². The Kier molecular flexibility index (Phi) is 4.43. The number of hydrogen-bond donors (Lipinski definition) is 1. The SMILES string of the molecule is Cc1c2c(nn1C)CN(C)CCOc1c(cnn1C)-c1ccc3n[nH]c(c3c1)/C=C/2. The van der Waals surface area contributed by atoms with E-state index in [-0.39, 0.29) is 0 Å². The zero-order valence-corrected chi connectivity index (χ0v) is 17.7. The predicted molar refractivity (Wildman–Crippen MR) is 117 cm³/mol. The predicted octanol–water partition coefficient (Wildman–Crippen LogP) is 3.00. The van der Waals surface area contributed by atoms with Crippen LogP contribution in [0.15, 0.2) is 24.4 Å². The number of aryl methyl sites for hydroxylation is 2. The van der Waals surface area contributed by atoms with Gasteiger partial charge in [-0.05, 0) is 43.8 Å². The summed E-state index contributed by atoms with van der Waals surface area (Å²) < 4.78 is 9.89. The van der Waals surface area contributed by atoms with Crippen LogP contribution in [0.25, 0.3) is 34.2 Å². The minimum atomic E-state index is 0.569. The van der Waals surface area contributed by atoms with Gasteiger partial charge >= 0.3 is 0 Å². The van der Waals surface area contributed by atoms with E-state index >= 15 is 0 Å². The van der Waals surface area contributed by atoms with Gasteiger partial charge in [-0.2, -0.15) is 15.3 Å². The van der Waals surface area contributed by atoms with Gasteiger partial charge in [-0.1, -0.05) is 6.07 Å². The van der Waals surface area contributed by atoms with Crippen LogP contribution in [-0.2, 0) is 20.6 Å². The molecular formula is C22H25N7O. The molecule has 8 heteroatoms. The molecule has 0 radical (unpaired) electrons. The Morgan fingerprint density at radius 1 is 1.10 bits per heavy atom. The second-order valence-corrected chi connectivity index (χ2v) is 7.85. The molecular weight excluding hydrogens is 378 g/mol. The van der Waals surface area contributed by atoms with Crippen molar-refractivity contribution in [2.45, 2.75) is 13.5 Å². The molecule has 154 valence electrons. The molecule has 0 fully saturated rings. The zero-order valence-electron chi connectivity index (χ0n) is 17.7. The minimum Gasteiger partial charge on any atom is -0.476 e. The molecule has 1 aliphatic rings. The molecule has 4 aromatic rings. The first-order valence-corrected chi connectivity index (χ1v) is 10.0. The molecule has 0 aliphatic carbocycles. The van der Waals surface area contributed by atoms with Crippen LogP contribution in [0.1, 0.15) is 22.6 Å². The lowest BCUT2D eigenvalue weighted by Gasteiger charge is -2.17. The van der Waals surface area contributed by atoms with Crippen molar-refractivity contribution in [1.82, 2.24) is 34.7 Å². The largest absolute Gasteiger partial charge is 0.476 e. The van der Waals surface area contributed by atoms with Gasteiger partial charge in [-0.15, -0.1) is 0 Å². The molecule has 4 heterocycles. The smallest absolute Gasteiger partial charge is 0.219 e. The van der Waals surface area contributed by atoms with Gasteiger partial charge in [-0.3, -0.25) is 14.7 Å². The van der Waals surface area contributed by atoms with Gasteiger partial charge in [0.25, 0.3) is 0 Å². The van der Waals surface area contributed by atoms with Crippen molar-refractivity contribution in [3.05, 3.63) is 47.0 Å². The van der Waals surface area contributed by atoms with E-state index in [1.165, 1.54) is 0 Å². The van der Waals surface area contributed by atoms with Gasteiger partial charge in [0.1, 0.15) is 6.61 Å². The number of rotatable bonds is 0. The third kappa shape index (κ3) is 3.09. The Bertz CT molecular complexity index is 1260. The number of hydrogen-bond acceptors (Lipinski definition) is 5. The highest BCUT2D eigenvalue weighted by atomic mass is 16.5. The number of aromatic nitrogens is 6. The van der Waals surface area contributed by atoms with E-state index in [1.54, 1.807) is 4.68 Å². The summed E-state index contributed by atoms with van der Waals surface area (Å²) in [5.74, 6) is 0.771. The summed E-state index contributed by atoms with van der Waals surface area (Å²) in [6.07, 6.45) is 6.08. The molecule has 0 unspecified atom stereocenters. The maximum absolute atomic E-state index is 6.16. The molecule has 0 atom stereocenters. The number of fused-ring (bicyclic) bond motifs is 4. The van der Waals surface area contributed by atoms with Crippen molar-refractivity contribution in [2.75, 3.05) is 20.2 Å². The highest BCUT2D eigenvalue weighted by Crippen LogP contribution is 2.32. The van der Waals surface area contributed by atoms with Crippen molar-refractivity contribution >= 4 is 23.1 Å². The number of aromatic amines is 1. The lowest BCUT2D eigenvalue weighted by molar-refractivity contribution is 0.220. The molecule has 1 aromatic carbocycles. The number of benzene rings is 1. The number of ether oxygens (including phenoxy) is 1. The Hall–Kier alpha value is -3.39. The molecule has 2 bridgehead atoms. The summed E-state index contributed by atoms with van der Waals surface area (Å²) in [5, 5.41) is 17.9. The Morgan fingerprint density at radius 3 is 2.83 bits per heavy atom. The number of likely N-dealkylation sites (N-methyl/N-ethyl adjacent to an activating group) is 1. The molecule has 0 spiro atoms. The maximum atomic E-state index is 6.16. The first-order valence-electron chi connectivity index (χ1n) is 10.0. The summed E-state index contributed by atoms with van der Waals surface area (Å²) in [4.78, 5) is 2.23. The fourth-order valence-corrected chi connectivity index (χ4v) is 3.95. The van der Waals surface area contributed by atoms with Crippen LogP contribution in [0.3, 0.4) is 0 Å². The van der Waals surface area contributed by atoms with Crippen LogP contribution < -0.4 is 4.74 Å². The van der Waals surface area contributed by atoms with Crippen LogP contribution in [-0.4, -0.2) is 54.9 Å². The van der Waals surface area contributed by atoms with E-state index in [2.05, 4.69) is 58.5 Å². The fourth-order valence-electron chi connectivity index (χ4n) is 3.95. The third-order valence-corrected chi connectivity index (χ3v) is 5.78. The van der Waals surface area contributed by atoms with Crippen LogP contribution in [0, 0.1) is 6.92 Å². The van der Waals surface area contributed by atoms with Gasteiger partial charge < -0.3 is 4.74 Å². The summed E-state index contributed by atoms with van der Waals surface area (Å²) in [7, 11) is 5.98. The van der Waals surface area contributed by atoms with Crippen molar-refractivity contribution in [3.63, 3.8) is 0 Å². The minimum absolute atomic E-state index is 0.569. The van der Waals surface area contributed by atoms with E-state index in [0.29, 0.717) is 6.61 Å². The summed E-state index contributed by atoms with van der Waals surface area (Å²) in [6.45, 7) is 4.19. The second-order valence-electron chi connectivity index (χ2n) is 7.85. The lowest BCUT2D eigenvalue weighted by atomic mass is 10.0. The molecule has 0 saturated carbocycles. The van der Waals surface area contributed by atoms with Gasteiger partial charge in [-0.25, -0.2) is 4.68 Å². The summed E-state index contributed by atoms with van der Waals surface area (Å²) >= 11 is 0. The summed E-state index contributed by atoms with van der Waals surface area (Å²) in [5.41, 5.74) is 7.27. The molecule has 1 aliphatic heterocycles. The number of nitrogens with zero attached hydrogens (tertiary/aromatic N) is 6. The van der Waals surface area contributed by atoms with Gasteiger partial charge in [0, 0.05) is 43.8 Å². The van der Waals surface area contributed by atoms with Gasteiger partial charge in [0.2, 0.25) is 5.88 Å². The molecule has 30 heavy (non-hydrogen) atoms. The number of nitrogens with one attached hydrogen (secondary N) is 1. The van der Waals surface area contributed by atoms with E-state index in [4.69, 9.17) is 9.84 Å². The van der Waals surface area contributed by atoms with E-state index < -0.39 is 0 Å². The maximum Gasteiger partial charge on any atom is 0.219 e. The lowest BCUT2D eigenvalue weighted by Crippen LogP contribution is -2.25. The monoisotopic (exact) mass is 403 g/mol. The van der Waals surface area contributed by atoms with Gasteiger partial charge in [0.15, 0.2) is 0 Å². The van der Waals surface area contributed by atoms with Crippen molar-refractivity contribution in [3.8, 4) is 17.0 Å². The second kappa shape index (κ2) is 7.14. The van der Waals surface area contributed by atoms with E-state index in [0.717, 1.165) is 63.6 Å². The molecule has 3 aromatic heterocycles. The van der Waals surface area contributed by atoms with Crippen LogP contribution in [0.5, 0.6) is 5.88 Å². The fraction of sp³-hybridized carbons (Fsp3) is 0.318. The number of H-pyrrole nitrogens is 1. The highest BCUT2D eigenvalue weighted by molar-refractivity contribution is 5.93. The van der Waals surface area contributed by atoms with Crippen molar-refractivity contribution < 1.29 is 4.74 Å². The molecule has 0 amide bonds. The quantitative estimate of drug-likeness (QED) is 0.488. The Balaban J connectivity index is 1.68. The average Bonchev–Trinajstić information content (AvgIpc) is 3.37. The highest BCUT2D eigenvalue weighted by Gasteiger charge is 2.17. The Labute approximate surface area is 174 Å². The molecule has 1 N–H and O–H groups in total. The van der Waals surface area contributed by atoms with Crippen molar-refractivity contribution in [1.29, 1.82) is 0 Å². The van der Waals surface area contributed by atoms with E-state index in [1.807, 2.05) is 31.0 Å². The summed E-state index contributed by atoms with van der Waals surface area (Å²) in [6, 6.07) is 6.24. The molecule has 5 rings (SSSR count). The first-order chi connectivity index (χ1) is 14.5. The zero-order chi connectivity index (χ0) is 20.8. The normalized spacial score (nSPS) is 16.0. The topological polar surface area (TPSA) is 76.8 Å². The van der Waals surface area contributed by atoms with Crippen LogP contribution in [0.4, 0.5) is 0 Å². The van der Waals surface area contributed by atoms with Crippen LogP contribution >= 0.6 is 0 Å². The Morgan fingerprint density at radius 2 is 1.97 bits per heavy atom.